The summed E-state index contributed by atoms with van der Waals surface area (Å²) < 4.78 is 35.1. The standard InChI is InChI=1S/C14H18FNO3S/c15-20(18,19)13-8-4-3-7-12(13)16-14(17)10-9-11-5-1-2-6-11/h3-4,7-8,11H,1-2,5-6,9-10H2,(H,16,17). The van der Waals surface area contributed by atoms with Crippen LogP contribution in [0.25, 0.3) is 0 Å². The van der Waals surface area contributed by atoms with Gasteiger partial charge in [0.05, 0.1) is 5.69 Å². The summed E-state index contributed by atoms with van der Waals surface area (Å²) in [5, 5.41) is 2.48. The third-order valence-corrected chi connectivity index (χ3v) is 4.56. The molecule has 1 saturated carbocycles. The van der Waals surface area contributed by atoms with Crippen LogP contribution in [0.4, 0.5) is 9.57 Å². The molecule has 2 rings (SSSR count). The van der Waals surface area contributed by atoms with E-state index in [1.165, 1.54) is 25.0 Å². The third kappa shape index (κ3) is 4.03. The Morgan fingerprint density at radius 2 is 1.90 bits per heavy atom. The lowest BCUT2D eigenvalue weighted by Gasteiger charge is -2.10. The maximum absolute atomic E-state index is 13.1. The van der Waals surface area contributed by atoms with Crippen molar-refractivity contribution in [2.24, 2.45) is 5.92 Å². The summed E-state index contributed by atoms with van der Waals surface area (Å²) in [6, 6.07) is 5.50. The van der Waals surface area contributed by atoms with Crippen LogP contribution in [-0.2, 0) is 15.0 Å². The first-order chi connectivity index (χ1) is 9.47. The summed E-state index contributed by atoms with van der Waals surface area (Å²) >= 11 is 0. The summed E-state index contributed by atoms with van der Waals surface area (Å²) in [4.78, 5) is 11.3. The van der Waals surface area contributed by atoms with Crippen molar-refractivity contribution < 1.29 is 17.1 Å². The largest absolute Gasteiger partial charge is 0.334 e. The molecule has 1 amide bonds. The maximum Gasteiger partial charge on any atom is 0.334 e. The predicted octanol–water partition coefficient (Wildman–Crippen LogP) is 3.25. The first-order valence-corrected chi connectivity index (χ1v) is 8.19. The van der Waals surface area contributed by atoms with Gasteiger partial charge in [0.15, 0.2) is 0 Å². The highest BCUT2D eigenvalue weighted by molar-refractivity contribution is 7.86. The van der Waals surface area contributed by atoms with Gasteiger partial charge in [0.2, 0.25) is 5.91 Å². The molecule has 110 valence electrons. The molecule has 4 nitrogen and oxygen atoms in total. The minimum absolute atomic E-state index is 0.00595. The summed E-state index contributed by atoms with van der Waals surface area (Å²) in [6.07, 6.45) is 5.89. The van der Waals surface area contributed by atoms with Crippen LogP contribution in [0.1, 0.15) is 38.5 Å². The molecule has 1 aromatic rings. The Bertz CT molecular complexity index is 580. The van der Waals surface area contributed by atoms with Crippen molar-refractivity contribution in [3.63, 3.8) is 0 Å². The number of anilines is 1. The van der Waals surface area contributed by atoms with Crippen LogP contribution in [0.5, 0.6) is 0 Å². The second-order valence-corrected chi connectivity index (χ2v) is 6.49. The van der Waals surface area contributed by atoms with Crippen LogP contribution in [-0.4, -0.2) is 14.3 Å². The Balaban J connectivity index is 1.97. The number of carbonyl (C=O) groups excluding carboxylic acids is 1. The molecule has 0 bridgehead atoms. The van der Waals surface area contributed by atoms with E-state index >= 15 is 0 Å². The third-order valence-electron chi connectivity index (χ3n) is 3.68. The zero-order valence-corrected chi connectivity index (χ0v) is 12.0. The van der Waals surface area contributed by atoms with Crippen LogP contribution < -0.4 is 5.32 Å². The quantitative estimate of drug-likeness (QED) is 0.849. The molecule has 0 heterocycles. The van der Waals surface area contributed by atoms with Gasteiger partial charge in [-0.25, -0.2) is 0 Å². The number of halogens is 1. The number of hydrogen-bond donors (Lipinski definition) is 1. The molecular formula is C14H18FNO3S. The molecule has 1 N–H and O–H groups in total. The summed E-state index contributed by atoms with van der Waals surface area (Å²) in [6.45, 7) is 0. The van der Waals surface area contributed by atoms with E-state index < -0.39 is 15.1 Å². The van der Waals surface area contributed by atoms with Gasteiger partial charge in [-0.05, 0) is 24.5 Å². The van der Waals surface area contributed by atoms with Crippen molar-refractivity contribution in [1.29, 1.82) is 0 Å². The van der Waals surface area contributed by atoms with Crippen molar-refractivity contribution in [2.75, 3.05) is 5.32 Å². The molecule has 0 radical (unpaired) electrons. The molecule has 0 spiro atoms. The van der Waals surface area contributed by atoms with Crippen LogP contribution in [0, 0.1) is 5.92 Å². The minimum atomic E-state index is -4.82. The first-order valence-electron chi connectivity index (χ1n) is 6.80. The lowest BCUT2D eigenvalue weighted by atomic mass is 10.0. The van der Waals surface area contributed by atoms with Crippen molar-refractivity contribution in [3.8, 4) is 0 Å². The number of amides is 1. The fraction of sp³-hybridized carbons (Fsp3) is 0.500. The van der Waals surface area contributed by atoms with Crippen LogP contribution in [0.2, 0.25) is 0 Å². The zero-order valence-electron chi connectivity index (χ0n) is 11.1. The number of hydrogen-bond acceptors (Lipinski definition) is 3. The molecule has 6 heteroatoms. The highest BCUT2D eigenvalue weighted by Gasteiger charge is 2.19. The van der Waals surface area contributed by atoms with Crippen molar-refractivity contribution >= 4 is 21.8 Å². The fourth-order valence-corrected chi connectivity index (χ4v) is 3.25. The van der Waals surface area contributed by atoms with E-state index in [2.05, 4.69) is 5.32 Å². The maximum atomic E-state index is 13.1. The average Bonchev–Trinajstić information content (AvgIpc) is 2.89. The van der Waals surface area contributed by atoms with Crippen molar-refractivity contribution in [3.05, 3.63) is 24.3 Å². The lowest BCUT2D eigenvalue weighted by Crippen LogP contribution is -2.14. The molecule has 20 heavy (non-hydrogen) atoms. The van der Waals surface area contributed by atoms with Gasteiger partial charge in [0.1, 0.15) is 4.90 Å². The van der Waals surface area contributed by atoms with E-state index in [0.29, 0.717) is 12.3 Å². The van der Waals surface area contributed by atoms with Gasteiger partial charge in [-0.15, -0.1) is 3.89 Å². The van der Waals surface area contributed by atoms with Gasteiger partial charge in [-0.2, -0.15) is 8.42 Å². The Morgan fingerprint density at radius 3 is 2.55 bits per heavy atom. The van der Waals surface area contributed by atoms with Gasteiger partial charge >= 0.3 is 10.2 Å². The average molecular weight is 299 g/mol. The second kappa shape index (κ2) is 6.35. The molecule has 0 saturated heterocycles. The summed E-state index contributed by atoms with van der Waals surface area (Å²) in [7, 11) is -4.82. The second-order valence-electron chi connectivity index (χ2n) is 5.17. The van der Waals surface area contributed by atoms with E-state index in [4.69, 9.17) is 0 Å². The molecule has 0 unspecified atom stereocenters. The summed E-state index contributed by atoms with van der Waals surface area (Å²) in [5.41, 5.74) is 0.00595. The number of nitrogens with one attached hydrogen (secondary N) is 1. The molecule has 0 atom stereocenters. The Hall–Kier alpha value is -1.43. The summed E-state index contributed by atoms with van der Waals surface area (Å²) in [5.74, 6) is 0.314. The Kier molecular flexibility index (Phi) is 4.75. The number of para-hydroxylation sites is 1. The van der Waals surface area contributed by atoms with E-state index in [9.17, 15) is 17.1 Å². The van der Waals surface area contributed by atoms with E-state index in [-0.39, 0.29) is 11.6 Å². The SMILES string of the molecule is O=C(CCC1CCCC1)Nc1ccccc1S(=O)(=O)F. The van der Waals surface area contributed by atoms with Crippen molar-refractivity contribution in [2.45, 2.75) is 43.4 Å². The molecule has 0 aliphatic heterocycles. The highest BCUT2D eigenvalue weighted by atomic mass is 32.3. The monoisotopic (exact) mass is 299 g/mol. The Morgan fingerprint density at radius 1 is 1.25 bits per heavy atom. The van der Waals surface area contributed by atoms with E-state index in [0.717, 1.165) is 25.3 Å². The molecule has 1 aliphatic rings. The molecule has 0 aromatic heterocycles. The van der Waals surface area contributed by atoms with Crippen LogP contribution in [0.15, 0.2) is 29.2 Å². The lowest BCUT2D eigenvalue weighted by molar-refractivity contribution is -0.116. The topological polar surface area (TPSA) is 63.2 Å². The predicted molar refractivity (Wildman–Crippen MR) is 74.6 cm³/mol. The molecule has 1 aliphatic carbocycles. The molecule has 1 fully saturated rings. The van der Waals surface area contributed by atoms with Gasteiger partial charge in [0.25, 0.3) is 0 Å². The highest BCUT2D eigenvalue weighted by Crippen LogP contribution is 2.29. The zero-order chi connectivity index (χ0) is 14.6. The Labute approximate surface area is 118 Å². The van der Waals surface area contributed by atoms with Crippen LogP contribution >= 0.6 is 0 Å². The van der Waals surface area contributed by atoms with E-state index in [1.54, 1.807) is 6.07 Å². The molecule has 1 aromatic carbocycles. The minimum Gasteiger partial charge on any atom is -0.325 e. The number of benzene rings is 1. The smallest absolute Gasteiger partial charge is 0.325 e. The number of rotatable bonds is 5. The van der Waals surface area contributed by atoms with E-state index in [1.807, 2.05) is 0 Å². The van der Waals surface area contributed by atoms with Gasteiger partial charge in [0, 0.05) is 6.42 Å². The van der Waals surface area contributed by atoms with Gasteiger partial charge < -0.3 is 5.32 Å². The number of carbonyl (C=O) groups is 1. The fourth-order valence-electron chi connectivity index (χ4n) is 2.63. The van der Waals surface area contributed by atoms with Crippen molar-refractivity contribution in [1.82, 2.24) is 0 Å². The van der Waals surface area contributed by atoms with Gasteiger partial charge in [-0.3, -0.25) is 4.79 Å². The molecular weight excluding hydrogens is 281 g/mol. The normalized spacial score (nSPS) is 16.2. The van der Waals surface area contributed by atoms with Gasteiger partial charge in [-0.1, -0.05) is 37.8 Å². The first kappa shape index (κ1) is 15.0. The van der Waals surface area contributed by atoms with Crippen LogP contribution in [0.3, 0.4) is 0 Å².